The van der Waals surface area contributed by atoms with Crippen LogP contribution < -0.4 is 0 Å². The fourth-order valence-corrected chi connectivity index (χ4v) is 4.78. The van der Waals surface area contributed by atoms with E-state index in [1.165, 1.54) is 54.2 Å². The summed E-state index contributed by atoms with van der Waals surface area (Å²) < 4.78 is 1.36. The molecular weight excluding hydrogens is 272 g/mol. The minimum absolute atomic E-state index is 0.194. The number of halogens is 1. The summed E-state index contributed by atoms with van der Waals surface area (Å²) in [6, 6.07) is 8.63. The summed E-state index contributed by atoms with van der Waals surface area (Å²) in [4.78, 5) is 0. The van der Waals surface area contributed by atoms with Gasteiger partial charge in [0.05, 0.1) is 5.38 Å². The van der Waals surface area contributed by atoms with Crippen LogP contribution in [0.3, 0.4) is 0 Å². The number of thiophene rings is 1. The van der Waals surface area contributed by atoms with Gasteiger partial charge in [0.2, 0.25) is 0 Å². The van der Waals surface area contributed by atoms with Crippen LogP contribution in [0.5, 0.6) is 0 Å². The summed E-state index contributed by atoms with van der Waals surface area (Å²) in [7, 11) is 0. The molecule has 1 aliphatic carbocycles. The molecule has 1 saturated carbocycles. The van der Waals surface area contributed by atoms with Crippen LogP contribution >= 0.6 is 22.9 Å². The molecular formula is C17H21ClS. The van der Waals surface area contributed by atoms with Gasteiger partial charge in [-0.15, -0.1) is 22.9 Å². The molecule has 1 heterocycles. The lowest BCUT2D eigenvalue weighted by atomic mass is 9.92. The Morgan fingerprint density at radius 3 is 2.63 bits per heavy atom. The Hall–Kier alpha value is -0.530. The highest BCUT2D eigenvalue weighted by molar-refractivity contribution is 7.17. The van der Waals surface area contributed by atoms with Gasteiger partial charge in [-0.05, 0) is 34.7 Å². The molecule has 0 aliphatic heterocycles. The maximum atomic E-state index is 6.72. The Bertz CT molecular complexity index is 523. The van der Waals surface area contributed by atoms with Crippen LogP contribution in [-0.2, 0) is 0 Å². The van der Waals surface area contributed by atoms with Gasteiger partial charge in [0.15, 0.2) is 0 Å². The van der Waals surface area contributed by atoms with Gasteiger partial charge >= 0.3 is 0 Å². The highest BCUT2D eigenvalue weighted by Crippen LogP contribution is 2.39. The van der Waals surface area contributed by atoms with Crippen molar-refractivity contribution in [3.05, 3.63) is 35.2 Å². The first-order valence-corrected chi connectivity index (χ1v) is 8.76. The Morgan fingerprint density at radius 2 is 1.84 bits per heavy atom. The third-order valence-electron chi connectivity index (χ3n) is 4.36. The standard InChI is InChI=1S/C17H21ClS/c18-16(11-13-7-3-1-2-4-8-13)15-12-19-17-10-6-5-9-14(15)17/h5-6,9-10,12-13,16H,1-4,7-8,11H2. The van der Waals surface area contributed by atoms with Crippen LogP contribution in [-0.4, -0.2) is 0 Å². The molecule has 0 bridgehead atoms. The molecule has 1 fully saturated rings. The number of benzene rings is 1. The van der Waals surface area contributed by atoms with Crippen LogP contribution in [0.2, 0.25) is 0 Å². The first kappa shape index (κ1) is 13.5. The van der Waals surface area contributed by atoms with E-state index in [2.05, 4.69) is 29.6 Å². The highest BCUT2D eigenvalue weighted by Gasteiger charge is 2.19. The lowest BCUT2D eigenvalue weighted by Gasteiger charge is -2.17. The first-order valence-electron chi connectivity index (χ1n) is 7.45. The molecule has 0 radical (unpaired) electrons. The SMILES string of the molecule is ClC(CC1CCCCCC1)c1csc2ccccc12. The number of alkyl halides is 1. The molecule has 0 amide bonds. The number of hydrogen-bond acceptors (Lipinski definition) is 1. The number of fused-ring (bicyclic) bond motifs is 1. The Morgan fingerprint density at radius 1 is 1.11 bits per heavy atom. The summed E-state index contributed by atoms with van der Waals surface area (Å²) in [5.41, 5.74) is 1.35. The molecule has 1 atom stereocenters. The Balaban J connectivity index is 1.74. The average molecular weight is 293 g/mol. The maximum Gasteiger partial charge on any atom is 0.0602 e. The van der Waals surface area contributed by atoms with Crippen molar-refractivity contribution in [1.29, 1.82) is 0 Å². The van der Waals surface area contributed by atoms with Gasteiger partial charge in [-0.3, -0.25) is 0 Å². The van der Waals surface area contributed by atoms with Crippen molar-refractivity contribution in [3.63, 3.8) is 0 Å². The number of rotatable bonds is 3. The molecule has 1 aromatic heterocycles. The van der Waals surface area contributed by atoms with Crippen molar-refractivity contribution in [1.82, 2.24) is 0 Å². The van der Waals surface area contributed by atoms with E-state index in [0.717, 1.165) is 12.3 Å². The molecule has 0 N–H and O–H groups in total. The van der Waals surface area contributed by atoms with Crippen LogP contribution in [0.1, 0.15) is 55.9 Å². The largest absolute Gasteiger partial charge is 0.143 e. The summed E-state index contributed by atoms with van der Waals surface area (Å²) in [5.74, 6) is 0.837. The minimum Gasteiger partial charge on any atom is -0.143 e. The van der Waals surface area contributed by atoms with Crippen LogP contribution in [0.25, 0.3) is 10.1 Å². The van der Waals surface area contributed by atoms with E-state index in [1.54, 1.807) is 0 Å². The first-order chi connectivity index (χ1) is 9.34. The maximum absolute atomic E-state index is 6.72. The third-order valence-corrected chi connectivity index (χ3v) is 5.76. The van der Waals surface area contributed by atoms with Gasteiger partial charge in [0, 0.05) is 4.70 Å². The third kappa shape index (κ3) is 3.14. The van der Waals surface area contributed by atoms with Crippen molar-refractivity contribution in [2.75, 3.05) is 0 Å². The van der Waals surface area contributed by atoms with E-state index in [4.69, 9.17) is 11.6 Å². The fraction of sp³-hybridized carbons (Fsp3) is 0.529. The molecule has 1 aliphatic rings. The smallest absolute Gasteiger partial charge is 0.0602 e. The van der Waals surface area contributed by atoms with Gasteiger partial charge in [-0.2, -0.15) is 0 Å². The predicted octanol–water partition coefficient (Wildman–Crippen LogP) is 6.54. The quantitative estimate of drug-likeness (QED) is 0.445. The van der Waals surface area contributed by atoms with E-state index < -0.39 is 0 Å². The Labute approximate surface area is 124 Å². The highest BCUT2D eigenvalue weighted by atomic mass is 35.5. The molecule has 102 valence electrons. The van der Waals surface area contributed by atoms with Crippen molar-refractivity contribution >= 4 is 33.0 Å². The number of hydrogen-bond donors (Lipinski definition) is 0. The summed E-state index contributed by atoms with van der Waals surface area (Å²) >= 11 is 8.54. The van der Waals surface area contributed by atoms with Gasteiger partial charge in [0.1, 0.15) is 0 Å². The molecule has 19 heavy (non-hydrogen) atoms. The molecule has 0 nitrogen and oxygen atoms in total. The topological polar surface area (TPSA) is 0 Å². The van der Waals surface area contributed by atoms with E-state index in [0.29, 0.717) is 0 Å². The molecule has 1 aromatic carbocycles. The van der Waals surface area contributed by atoms with Crippen LogP contribution in [0.4, 0.5) is 0 Å². The predicted molar refractivity (Wildman–Crippen MR) is 86.2 cm³/mol. The second kappa shape index (κ2) is 6.28. The van der Waals surface area contributed by atoms with Gasteiger partial charge in [-0.25, -0.2) is 0 Å². The molecule has 2 aromatic rings. The zero-order chi connectivity index (χ0) is 13.1. The van der Waals surface area contributed by atoms with E-state index in [1.807, 2.05) is 11.3 Å². The summed E-state index contributed by atoms with van der Waals surface area (Å²) in [6.07, 6.45) is 9.56. The summed E-state index contributed by atoms with van der Waals surface area (Å²) in [5, 5.41) is 3.82. The normalized spacial score (nSPS) is 19.4. The van der Waals surface area contributed by atoms with Crippen molar-refractivity contribution in [3.8, 4) is 0 Å². The molecule has 0 saturated heterocycles. The van der Waals surface area contributed by atoms with Crippen molar-refractivity contribution < 1.29 is 0 Å². The lowest BCUT2D eigenvalue weighted by Crippen LogP contribution is -2.03. The van der Waals surface area contributed by atoms with E-state index in [9.17, 15) is 0 Å². The fourth-order valence-electron chi connectivity index (χ4n) is 3.26. The lowest BCUT2D eigenvalue weighted by molar-refractivity contribution is 0.424. The second-order valence-corrected chi connectivity index (χ2v) is 7.19. The monoisotopic (exact) mass is 292 g/mol. The molecule has 2 heteroatoms. The Kier molecular flexibility index (Phi) is 4.45. The van der Waals surface area contributed by atoms with Crippen molar-refractivity contribution in [2.24, 2.45) is 5.92 Å². The van der Waals surface area contributed by atoms with Gasteiger partial charge in [-0.1, -0.05) is 56.7 Å². The second-order valence-electron chi connectivity index (χ2n) is 5.75. The zero-order valence-corrected chi connectivity index (χ0v) is 12.8. The zero-order valence-electron chi connectivity index (χ0n) is 11.3. The van der Waals surface area contributed by atoms with Crippen molar-refractivity contribution in [2.45, 2.75) is 50.3 Å². The van der Waals surface area contributed by atoms with Crippen LogP contribution in [0, 0.1) is 5.92 Å². The van der Waals surface area contributed by atoms with Crippen LogP contribution in [0.15, 0.2) is 29.6 Å². The summed E-state index contributed by atoms with van der Waals surface area (Å²) in [6.45, 7) is 0. The minimum atomic E-state index is 0.194. The van der Waals surface area contributed by atoms with E-state index >= 15 is 0 Å². The average Bonchev–Trinajstić information content (AvgIpc) is 2.70. The van der Waals surface area contributed by atoms with Gasteiger partial charge in [0.25, 0.3) is 0 Å². The molecule has 0 spiro atoms. The molecule has 3 rings (SSSR count). The van der Waals surface area contributed by atoms with Gasteiger partial charge < -0.3 is 0 Å². The van der Waals surface area contributed by atoms with E-state index in [-0.39, 0.29) is 5.38 Å². The molecule has 1 unspecified atom stereocenters.